The first kappa shape index (κ1) is 13.8. The van der Waals surface area contributed by atoms with Gasteiger partial charge in [0.2, 0.25) is 5.91 Å². The van der Waals surface area contributed by atoms with Crippen molar-refractivity contribution in [2.45, 2.75) is 20.8 Å². The second-order valence-corrected chi connectivity index (χ2v) is 5.85. The quantitative estimate of drug-likeness (QED) is 0.833. The Labute approximate surface area is 123 Å². The summed E-state index contributed by atoms with van der Waals surface area (Å²) < 4.78 is 1.52. The lowest BCUT2D eigenvalue weighted by Gasteiger charge is -2.35. The van der Waals surface area contributed by atoms with Crippen LogP contribution in [-0.4, -0.2) is 56.8 Å². The van der Waals surface area contributed by atoms with Gasteiger partial charge in [0.15, 0.2) is 11.5 Å². The topological polar surface area (TPSA) is 66.6 Å². The maximum Gasteiger partial charge on any atom is 0.242 e. The van der Waals surface area contributed by atoms with E-state index >= 15 is 0 Å². The summed E-state index contributed by atoms with van der Waals surface area (Å²) in [5, 5.41) is 8.65. The van der Waals surface area contributed by atoms with Gasteiger partial charge in [0, 0.05) is 19.6 Å². The lowest BCUT2D eigenvalue weighted by Crippen LogP contribution is -2.51. The number of nitrogens with zero attached hydrogens (tertiary/aromatic N) is 6. The molecular formula is C14H20N6O. The van der Waals surface area contributed by atoms with Crippen LogP contribution in [0.2, 0.25) is 0 Å². The summed E-state index contributed by atoms with van der Waals surface area (Å²) in [4.78, 5) is 20.4. The first-order valence-corrected chi connectivity index (χ1v) is 7.26. The maximum atomic E-state index is 12.2. The van der Waals surface area contributed by atoms with Gasteiger partial charge < -0.3 is 9.80 Å². The molecule has 0 aliphatic carbocycles. The van der Waals surface area contributed by atoms with Gasteiger partial charge in [-0.2, -0.15) is 0 Å². The van der Waals surface area contributed by atoms with E-state index in [0.29, 0.717) is 18.3 Å². The van der Waals surface area contributed by atoms with Crippen molar-refractivity contribution in [3.05, 3.63) is 18.0 Å². The molecule has 0 unspecified atom stereocenters. The third-order valence-electron chi connectivity index (χ3n) is 3.53. The first-order chi connectivity index (χ1) is 10.0. The molecule has 0 N–H and O–H groups in total. The molecule has 0 bridgehead atoms. The van der Waals surface area contributed by atoms with Crippen molar-refractivity contribution in [3.8, 4) is 0 Å². The molecule has 1 aliphatic rings. The predicted molar refractivity (Wildman–Crippen MR) is 79.2 cm³/mol. The molecule has 1 aliphatic heterocycles. The van der Waals surface area contributed by atoms with E-state index in [0.717, 1.165) is 31.1 Å². The van der Waals surface area contributed by atoms with Crippen LogP contribution < -0.4 is 4.90 Å². The van der Waals surface area contributed by atoms with Crippen LogP contribution in [0.25, 0.3) is 5.65 Å². The zero-order chi connectivity index (χ0) is 15.0. The highest BCUT2D eigenvalue weighted by atomic mass is 16.2. The molecule has 7 heteroatoms. The smallest absolute Gasteiger partial charge is 0.242 e. The summed E-state index contributed by atoms with van der Waals surface area (Å²) in [6, 6.07) is 3.78. The monoisotopic (exact) mass is 288 g/mol. The summed E-state index contributed by atoms with van der Waals surface area (Å²) in [6.07, 6.45) is 0. The molecule has 3 heterocycles. The third kappa shape index (κ3) is 2.81. The van der Waals surface area contributed by atoms with Crippen LogP contribution in [-0.2, 0) is 4.79 Å². The molecule has 1 fully saturated rings. The average molecular weight is 288 g/mol. The van der Waals surface area contributed by atoms with Crippen molar-refractivity contribution in [2.24, 2.45) is 5.92 Å². The zero-order valence-corrected chi connectivity index (χ0v) is 12.7. The predicted octanol–water partition coefficient (Wildman–Crippen LogP) is 0.737. The van der Waals surface area contributed by atoms with Crippen LogP contribution in [0, 0.1) is 12.8 Å². The molecule has 2 aromatic rings. The number of aryl methyl sites for hydroxylation is 1. The number of hydrogen-bond acceptors (Lipinski definition) is 5. The van der Waals surface area contributed by atoms with E-state index in [-0.39, 0.29) is 5.91 Å². The number of carbonyl (C=O) groups is 1. The summed E-state index contributed by atoms with van der Waals surface area (Å²) >= 11 is 0. The van der Waals surface area contributed by atoms with Crippen molar-refractivity contribution in [1.29, 1.82) is 0 Å². The highest BCUT2D eigenvalue weighted by Crippen LogP contribution is 2.15. The van der Waals surface area contributed by atoms with Gasteiger partial charge in [-0.15, -0.1) is 14.8 Å². The molecule has 2 aromatic heterocycles. The molecule has 112 valence electrons. The third-order valence-corrected chi connectivity index (χ3v) is 3.53. The minimum atomic E-state index is 0.159. The van der Waals surface area contributed by atoms with Crippen molar-refractivity contribution < 1.29 is 4.79 Å². The van der Waals surface area contributed by atoms with Gasteiger partial charge >= 0.3 is 0 Å². The van der Waals surface area contributed by atoms with E-state index < -0.39 is 0 Å². The van der Waals surface area contributed by atoms with E-state index in [4.69, 9.17) is 0 Å². The minimum absolute atomic E-state index is 0.159. The number of hydrogen-bond donors (Lipinski definition) is 0. The molecule has 1 amide bonds. The van der Waals surface area contributed by atoms with Crippen molar-refractivity contribution in [3.63, 3.8) is 0 Å². The molecule has 3 rings (SSSR count). The number of fused-ring (bicyclic) bond motifs is 1. The van der Waals surface area contributed by atoms with E-state index in [2.05, 4.69) is 29.0 Å². The normalized spacial score (nSPS) is 16.3. The van der Waals surface area contributed by atoms with Crippen molar-refractivity contribution in [2.75, 3.05) is 31.1 Å². The fourth-order valence-corrected chi connectivity index (χ4v) is 2.58. The zero-order valence-electron chi connectivity index (χ0n) is 12.7. The van der Waals surface area contributed by atoms with E-state index in [1.54, 1.807) is 0 Å². The lowest BCUT2D eigenvalue weighted by atomic mass is 10.2. The highest BCUT2D eigenvalue weighted by Gasteiger charge is 2.25. The Kier molecular flexibility index (Phi) is 3.48. The Balaban J connectivity index is 1.76. The van der Waals surface area contributed by atoms with E-state index in [1.165, 1.54) is 4.63 Å². The van der Waals surface area contributed by atoms with Crippen LogP contribution >= 0.6 is 0 Å². The van der Waals surface area contributed by atoms with E-state index in [9.17, 15) is 4.79 Å². The van der Waals surface area contributed by atoms with Crippen LogP contribution in [0.3, 0.4) is 0 Å². The van der Waals surface area contributed by atoms with Gasteiger partial charge in [0.1, 0.15) is 5.82 Å². The molecule has 1 saturated heterocycles. The van der Waals surface area contributed by atoms with Crippen LogP contribution in [0.1, 0.15) is 19.7 Å². The van der Waals surface area contributed by atoms with Crippen LogP contribution in [0.4, 0.5) is 5.82 Å². The lowest BCUT2D eigenvalue weighted by molar-refractivity contribution is -0.131. The molecule has 21 heavy (non-hydrogen) atoms. The summed E-state index contributed by atoms with van der Waals surface area (Å²) in [6.45, 7) is 8.82. The summed E-state index contributed by atoms with van der Waals surface area (Å²) in [5.41, 5.74) is 0.723. The maximum absolute atomic E-state index is 12.2. The second-order valence-electron chi connectivity index (χ2n) is 5.85. The fraction of sp³-hybridized carbons (Fsp3) is 0.571. The van der Waals surface area contributed by atoms with Crippen LogP contribution in [0.5, 0.6) is 0 Å². The van der Waals surface area contributed by atoms with Gasteiger partial charge in [-0.25, -0.2) is 4.98 Å². The summed E-state index contributed by atoms with van der Waals surface area (Å²) in [7, 11) is 0. The molecule has 0 radical (unpaired) electrons. The number of anilines is 1. The first-order valence-electron chi connectivity index (χ1n) is 7.26. The Morgan fingerprint density at radius 1 is 1.24 bits per heavy atom. The molecular weight excluding hydrogens is 268 g/mol. The Hall–Kier alpha value is -2.18. The van der Waals surface area contributed by atoms with Gasteiger partial charge in [-0.1, -0.05) is 13.8 Å². The van der Waals surface area contributed by atoms with Gasteiger partial charge in [0.25, 0.3) is 0 Å². The highest BCUT2D eigenvalue weighted by molar-refractivity contribution is 5.82. The van der Waals surface area contributed by atoms with Crippen molar-refractivity contribution >= 4 is 17.4 Å². The SMILES string of the molecule is Cc1nc2ccc(N3CCN(CC(C)C)C(=O)C3)nn2n1. The Morgan fingerprint density at radius 2 is 2.05 bits per heavy atom. The van der Waals surface area contributed by atoms with Gasteiger partial charge in [-0.05, 0) is 25.0 Å². The molecule has 0 atom stereocenters. The van der Waals surface area contributed by atoms with Crippen molar-refractivity contribution in [1.82, 2.24) is 24.7 Å². The van der Waals surface area contributed by atoms with Crippen LogP contribution in [0.15, 0.2) is 12.1 Å². The molecule has 0 aromatic carbocycles. The minimum Gasteiger partial charge on any atom is -0.344 e. The van der Waals surface area contributed by atoms with Gasteiger partial charge in [-0.3, -0.25) is 4.79 Å². The largest absolute Gasteiger partial charge is 0.344 e. The molecule has 0 saturated carbocycles. The standard InChI is InChI=1S/C14H20N6O/c1-10(2)8-19-7-6-18(9-14(19)21)13-5-4-12-15-11(3)16-20(12)17-13/h4-5,10H,6-9H2,1-3H3. The number of carbonyl (C=O) groups excluding carboxylic acids is 1. The van der Waals surface area contributed by atoms with Gasteiger partial charge in [0.05, 0.1) is 6.54 Å². The van der Waals surface area contributed by atoms with E-state index in [1.807, 2.05) is 28.9 Å². The summed E-state index contributed by atoms with van der Waals surface area (Å²) in [5.74, 6) is 2.11. The number of piperazine rings is 1. The number of aromatic nitrogens is 4. The number of amides is 1. The second kappa shape index (κ2) is 5.31. The average Bonchev–Trinajstić information content (AvgIpc) is 2.79. The number of rotatable bonds is 3. The molecule has 7 nitrogen and oxygen atoms in total. The Bertz CT molecular complexity index is 665. The Morgan fingerprint density at radius 3 is 2.76 bits per heavy atom. The molecule has 0 spiro atoms. The fourth-order valence-electron chi connectivity index (χ4n) is 2.58.